The van der Waals surface area contributed by atoms with Gasteiger partial charge in [0.1, 0.15) is 11.7 Å². The Balaban J connectivity index is 1.48. The van der Waals surface area contributed by atoms with Crippen molar-refractivity contribution in [2.24, 2.45) is 11.8 Å². The maximum atomic E-state index is 15.1. The normalized spacial score (nSPS) is 27.1. The summed E-state index contributed by atoms with van der Waals surface area (Å²) < 4.78 is 68.2. The van der Waals surface area contributed by atoms with E-state index in [-0.39, 0.29) is 30.9 Å². The zero-order valence-corrected chi connectivity index (χ0v) is 23.0. The number of aromatic nitrogens is 1. The molecule has 1 saturated carbocycles. The number of carbonyl (C=O) groups excluding carboxylic acids is 3. The van der Waals surface area contributed by atoms with Crippen molar-refractivity contribution in [1.82, 2.24) is 20.5 Å². The number of halogens is 4. The van der Waals surface area contributed by atoms with Crippen LogP contribution in [-0.4, -0.2) is 72.9 Å². The van der Waals surface area contributed by atoms with E-state index in [1.807, 2.05) is 0 Å². The molecule has 5 atom stereocenters. The smallest absolute Gasteiger partial charge is 0.271 e. The van der Waals surface area contributed by atoms with E-state index in [1.165, 1.54) is 6.07 Å². The number of alkyl halides is 2. The minimum Gasteiger partial charge on any atom is -0.356 e. The minimum atomic E-state index is -4.27. The van der Waals surface area contributed by atoms with Gasteiger partial charge in [0.15, 0.2) is 0 Å². The number of H-pyrrole nitrogens is 1. The molecular formula is C26H28ClF3N4O5S. The number of fused-ring (bicyclic) bond motifs is 4. The van der Waals surface area contributed by atoms with Crippen LogP contribution in [0.1, 0.15) is 42.6 Å². The van der Waals surface area contributed by atoms with Crippen molar-refractivity contribution in [2.45, 2.75) is 56.2 Å². The first-order chi connectivity index (χ1) is 18.8. The molecule has 0 radical (unpaired) electrons. The van der Waals surface area contributed by atoms with E-state index < -0.39 is 69.1 Å². The number of aromatic amines is 1. The van der Waals surface area contributed by atoms with Gasteiger partial charge >= 0.3 is 0 Å². The molecule has 1 aliphatic carbocycles. The average Bonchev–Trinajstić information content (AvgIpc) is 3.49. The quantitative estimate of drug-likeness (QED) is 0.449. The lowest BCUT2D eigenvalue weighted by molar-refractivity contribution is -0.179. The Morgan fingerprint density at radius 2 is 2.02 bits per heavy atom. The number of nitrogens with one attached hydrogen (secondary N) is 3. The van der Waals surface area contributed by atoms with Crippen LogP contribution in [-0.2, 0) is 19.4 Å². The Labute approximate surface area is 233 Å². The van der Waals surface area contributed by atoms with E-state index in [4.69, 9.17) is 11.6 Å². The van der Waals surface area contributed by atoms with Crippen molar-refractivity contribution < 1.29 is 36.0 Å². The molecule has 9 nitrogen and oxygen atoms in total. The molecule has 1 aromatic heterocycles. The summed E-state index contributed by atoms with van der Waals surface area (Å²) in [5.74, 6) is -7.37. The molecule has 4 fully saturated rings. The van der Waals surface area contributed by atoms with Crippen LogP contribution in [0.2, 0.25) is 5.02 Å². The van der Waals surface area contributed by atoms with Crippen LogP contribution in [0, 0.1) is 11.8 Å². The van der Waals surface area contributed by atoms with Crippen molar-refractivity contribution in [1.29, 1.82) is 0 Å². The molecular weight excluding hydrogens is 573 g/mol. The summed E-state index contributed by atoms with van der Waals surface area (Å²) in [6, 6.07) is 2.74. The monoisotopic (exact) mass is 600 g/mol. The van der Waals surface area contributed by atoms with Gasteiger partial charge in [0.05, 0.1) is 22.5 Å². The van der Waals surface area contributed by atoms with E-state index >= 15 is 8.78 Å². The molecule has 4 heterocycles. The van der Waals surface area contributed by atoms with Crippen molar-refractivity contribution >= 4 is 50.1 Å². The second-order valence-electron chi connectivity index (χ2n) is 10.7. The minimum absolute atomic E-state index is 0.0126. The van der Waals surface area contributed by atoms with Crippen molar-refractivity contribution in [3.63, 3.8) is 0 Å². The van der Waals surface area contributed by atoms with Gasteiger partial charge in [0, 0.05) is 36.6 Å². The van der Waals surface area contributed by atoms with E-state index in [0.29, 0.717) is 41.2 Å². The van der Waals surface area contributed by atoms with Crippen LogP contribution in [0.4, 0.5) is 13.2 Å². The molecule has 40 heavy (non-hydrogen) atoms. The van der Waals surface area contributed by atoms with Gasteiger partial charge in [-0.2, -0.15) is 4.39 Å². The number of nitrogens with zero attached hydrogens (tertiary/aromatic N) is 1. The fourth-order valence-corrected chi connectivity index (χ4v) is 6.71. The van der Waals surface area contributed by atoms with Gasteiger partial charge in [-0.15, -0.1) is 0 Å². The molecule has 1 aromatic carbocycles. The number of hydrogen-bond donors (Lipinski definition) is 3. The largest absolute Gasteiger partial charge is 0.356 e. The topological polar surface area (TPSA) is 128 Å². The third-order valence-corrected chi connectivity index (χ3v) is 9.15. The number of hydrogen-bond acceptors (Lipinski definition) is 5. The molecule has 6 rings (SSSR count). The highest BCUT2D eigenvalue weighted by molar-refractivity contribution is 7.94. The van der Waals surface area contributed by atoms with E-state index in [0.717, 1.165) is 4.90 Å². The molecule has 2 aromatic rings. The lowest BCUT2D eigenvalue weighted by Crippen LogP contribution is -2.68. The molecule has 3 aliphatic heterocycles. The molecule has 2 bridgehead atoms. The van der Waals surface area contributed by atoms with Gasteiger partial charge in [-0.25, -0.2) is 17.2 Å². The Morgan fingerprint density at radius 3 is 2.65 bits per heavy atom. The lowest BCUT2D eigenvalue weighted by Gasteiger charge is -2.53. The predicted octanol–water partition coefficient (Wildman–Crippen LogP) is 3.32. The zero-order chi connectivity index (χ0) is 29.0. The Hall–Kier alpha value is -3.06. The lowest BCUT2D eigenvalue weighted by atomic mass is 9.71. The highest BCUT2D eigenvalue weighted by atomic mass is 35.5. The Kier molecular flexibility index (Phi) is 7.40. The molecule has 0 unspecified atom stereocenters. The second kappa shape index (κ2) is 10.4. The fraction of sp³-hybridized carbons (Fsp3) is 0.500. The number of benzene rings is 1. The number of sulfone groups is 1. The molecule has 3 amide bonds. The molecule has 3 N–H and O–H groups in total. The average molecular weight is 601 g/mol. The number of para-hydroxylation sites is 1. The summed E-state index contributed by atoms with van der Waals surface area (Å²) in [4.78, 5) is 43.6. The van der Waals surface area contributed by atoms with Gasteiger partial charge in [-0.1, -0.05) is 23.7 Å². The summed E-state index contributed by atoms with van der Waals surface area (Å²) >= 11 is 6.22. The zero-order valence-electron chi connectivity index (χ0n) is 21.4. The highest BCUT2D eigenvalue weighted by Crippen LogP contribution is 2.49. The van der Waals surface area contributed by atoms with Gasteiger partial charge in [-0.3, -0.25) is 14.4 Å². The Morgan fingerprint density at radius 1 is 1.27 bits per heavy atom. The summed E-state index contributed by atoms with van der Waals surface area (Å²) in [6.45, 7) is 0.359. The SMILES string of the molecule is CS(=O)(=O)/C(F)=C/[C@H](C[C@@H]1CCNC1=O)NC(=O)[C@H]1[C@@H]2CC[C@@H](CC2(F)F)N1C(=O)c1cc2cccc(Cl)c2[nH]1. The van der Waals surface area contributed by atoms with Crippen molar-refractivity contribution in [2.75, 3.05) is 12.8 Å². The van der Waals surface area contributed by atoms with Crippen molar-refractivity contribution in [3.8, 4) is 0 Å². The van der Waals surface area contributed by atoms with Crippen LogP contribution in [0.3, 0.4) is 0 Å². The van der Waals surface area contributed by atoms with Gasteiger partial charge < -0.3 is 20.5 Å². The molecule has 3 saturated heterocycles. The predicted molar refractivity (Wildman–Crippen MR) is 141 cm³/mol. The first-order valence-electron chi connectivity index (χ1n) is 12.9. The summed E-state index contributed by atoms with van der Waals surface area (Å²) in [5, 5.41) is 4.55. The van der Waals surface area contributed by atoms with E-state index in [9.17, 15) is 27.2 Å². The van der Waals surface area contributed by atoms with Gasteiger partial charge in [0.2, 0.25) is 26.8 Å². The molecule has 14 heteroatoms. The number of amides is 3. The third-order valence-electron chi connectivity index (χ3n) is 7.99. The standard InChI is InChI=1S/C26H28ClF3N4O5S/c1-40(38,39)20(28)11-15(9-14-7-8-31-23(14)35)32-24(36)22-17-6-5-16(12-26(17,29)30)34(22)25(37)19-10-13-3-2-4-18(27)21(13)33-19/h2-4,10-11,14-17,22,33H,5-9,12H2,1H3,(H,31,35)(H,32,36)/b20-11+/t14-,15-,16-,17-,22+/m0/s1. The maximum absolute atomic E-state index is 15.1. The van der Waals surface area contributed by atoms with Crippen LogP contribution in [0.5, 0.6) is 0 Å². The van der Waals surface area contributed by atoms with E-state index in [1.54, 1.807) is 18.2 Å². The summed E-state index contributed by atoms with van der Waals surface area (Å²) in [7, 11) is -4.27. The fourth-order valence-electron chi connectivity index (χ4n) is 6.07. The number of carbonyl (C=O) groups is 3. The van der Waals surface area contributed by atoms with Crippen LogP contribution in [0.15, 0.2) is 35.5 Å². The van der Waals surface area contributed by atoms with E-state index in [2.05, 4.69) is 15.6 Å². The summed E-state index contributed by atoms with van der Waals surface area (Å²) in [6.07, 6.45) is 1.19. The van der Waals surface area contributed by atoms with Crippen LogP contribution in [0.25, 0.3) is 10.9 Å². The molecule has 0 spiro atoms. The first kappa shape index (κ1) is 28.5. The van der Waals surface area contributed by atoms with Crippen molar-refractivity contribution in [3.05, 3.63) is 46.2 Å². The second-order valence-corrected chi connectivity index (χ2v) is 13.1. The molecule has 4 aliphatic rings. The number of rotatable bonds is 7. The molecule has 216 valence electrons. The van der Waals surface area contributed by atoms with Crippen LogP contribution < -0.4 is 10.6 Å². The summed E-state index contributed by atoms with van der Waals surface area (Å²) in [5.41, 5.74) is 0.552. The maximum Gasteiger partial charge on any atom is 0.271 e. The third kappa shape index (κ3) is 5.32. The Bertz CT molecular complexity index is 1510. The number of piperidine rings is 2. The van der Waals surface area contributed by atoms with Crippen LogP contribution >= 0.6 is 11.6 Å². The first-order valence-corrected chi connectivity index (χ1v) is 15.2. The van der Waals surface area contributed by atoms with Gasteiger partial charge in [-0.05, 0) is 43.9 Å². The highest BCUT2D eigenvalue weighted by Gasteiger charge is 2.60. The van der Waals surface area contributed by atoms with Gasteiger partial charge in [0.25, 0.3) is 11.8 Å².